The maximum atomic E-state index is 11.5. The maximum absolute atomic E-state index is 11.5. The van der Waals surface area contributed by atoms with Crippen molar-refractivity contribution in [2.45, 2.75) is 32.4 Å². The molecule has 0 aromatic heterocycles. The molecule has 22 heavy (non-hydrogen) atoms. The molecular formula is C17H20N4O. The first kappa shape index (κ1) is 14.5. The van der Waals surface area contributed by atoms with Crippen molar-refractivity contribution in [3.63, 3.8) is 0 Å². The normalized spacial score (nSPS) is 21.4. The zero-order valence-corrected chi connectivity index (χ0v) is 12.7. The van der Waals surface area contributed by atoms with Gasteiger partial charge in [0.2, 0.25) is 5.91 Å². The van der Waals surface area contributed by atoms with Gasteiger partial charge in [0, 0.05) is 29.9 Å². The molecule has 3 N–H and O–H groups in total. The van der Waals surface area contributed by atoms with E-state index < -0.39 is 0 Å². The van der Waals surface area contributed by atoms with Crippen molar-refractivity contribution in [1.29, 1.82) is 0 Å². The van der Waals surface area contributed by atoms with Crippen LogP contribution < -0.4 is 11.1 Å². The Labute approximate surface area is 130 Å². The van der Waals surface area contributed by atoms with Crippen LogP contribution in [0.15, 0.2) is 42.0 Å². The molecular weight excluding hydrogens is 276 g/mol. The van der Waals surface area contributed by atoms with Crippen LogP contribution in [0.5, 0.6) is 0 Å². The lowest BCUT2D eigenvalue weighted by molar-refractivity contribution is -0.121. The lowest BCUT2D eigenvalue weighted by atomic mass is 9.95. The zero-order chi connectivity index (χ0) is 15.9. The molecule has 114 valence electrons. The molecule has 0 saturated carbocycles. The van der Waals surface area contributed by atoms with Gasteiger partial charge in [-0.3, -0.25) is 4.79 Å². The van der Waals surface area contributed by atoms with Crippen molar-refractivity contribution in [1.82, 2.24) is 10.2 Å². The highest BCUT2D eigenvalue weighted by molar-refractivity contribution is 5.98. The second kappa shape index (κ2) is 5.42. The van der Waals surface area contributed by atoms with E-state index in [1.165, 1.54) is 0 Å². The van der Waals surface area contributed by atoms with Gasteiger partial charge < -0.3 is 16.0 Å². The molecule has 1 aromatic carbocycles. The predicted molar refractivity (Wildman–Crippen MR) is 88.3 cm³/mol. The number of rotatable bonds is 2. The van der Waals surface area contributed by atoms with Crippen LogP contribution in [0.1, 0.15) is 30.9 Å². The van der Waals surface area contributed by atoms with Crippen LogP contribution in [-0.2, 0) is 11.3 Å². The van der Waals surface area contributed by atoms with Crippen LogP contribution in [0.25, 0.3) is 5.70 Å². The fraction of sp³-hybridized carbons (Fsp3) is 0.294. The summed E-state index contributed by atoms with van der Waals surface area (Å²) in [5.74, 6) is 0.871. The predicted octanol–water partition coefficient (Wildman–Crippen LogP) is 2.27. The number of hydrogen-bond acceptors (Lipinski definition) is 4. The number of nitrogens with one attached hydrogen (secondary N) is 1. The lowest BCUT2D eigenvalue weighted by Gasteiger charge is -2.40. The molecule has 5 nitrogen and oxygen atoms in total. The van der Waals surface area contributed by atoms with E-state index in [0.29, 0.717) is 25.1 Å². The summed E-state index contributed by atoms with van der Waals surface area (Å²) in [5.41, 5.74) is 10.3. The third-order valence-corrected chi connectivity index (χ3v) is 4.22. The second-order valence-corrected chi connectivity index (χ2v) is 5.62. The van der Waals surface area contributed by atoms with Crippen LogP contribution in [0.4, 0.5) is 5.69 Å². The Morgan fingerprint density at radius 3 is 2.91 bits per heavy atom. The molecule has 5 heteroatoms. The van der Waals surface area contributed by atoms with E-state index in [-0.39, 0.29) is 11.9 Å². The molecule has 1 aromatic rings. The number of carbonyl (C=O) groups is 1. The van der Waals surface area contributed by atoms with Gasteiger partial charge in [-0.1, -0.05) is 25.3 Å². The molecule has 2 heterocycles. The average Bonchev–Trinajstić information content (AvgIpc) is 2.48. The molecule has 3 rings (SSSR count). The van der Waals surface area contributed by atoms with Crippen molar-refractivity contribution in [2.75, 3.05) is 0 Å². The average molecular weight is 296 g/mol. The van der Waals surface area contributed by atoms with E-state index in [1.807, 2.05) is 25.1 Å². The molecule has 1 saturated heterocycles. The van der Waals surface area contributed by atoms with Gasteiger partial charge in [-0.25, -0.2) is 4.99 Å². The summed E-state index contributed by atoms with van der Waals surface area (Å²) < 4.78 is 0. The minimum absolute atomic E-state index is 0.0153. The minimum atomic E-state index is -0.0204. The lowest BCUT2D eigenvalue weighted by Crippen LogP contribution is -2.47. The molecule has 1 unspecified atom stereocenters. The highest BCUT2D eigenvalue weighted by atomic mass is 16.1. The van der Waals surface area contributed by atoms with Gasteiger partial charge in [-0.2, -0.15) is 0 Å². The maximum Gasteiger partial charge on any atom is 0.224 e. The van der Waals surface area contributed by atoms with Crippen molar-refractivity contribution in [3.8, 4) is 0 Å². The molecule has 2 aliphatic rings. The Morgan fingerprint density at radius 2 is 2.23 bits per heavy atom. The Morgan fingerprint density at radius 1 is 1.45 bits per heavy atom. The van der Waals surface area contributed by atoms with Crippen LogP contribution in [0.2, 0.25) is 0 Å². The highest BCUT2D eigenvalue weighted by Gasteiger charge is 2.33. The number of aliphatic imine (C=N–C) groups is 1. The molecule has 1 atom stereocenters. The number of nitrogens with zero attached hydrogens (tertiary/aromatic N) is 2. The number of amides is 1. The van der Waals surface area contributed by atoms with Gasteiger partial charge in [-0.15, -0.1) is 0 Å². The number of carbonyl (C=O) groups excluding carboxylic acids is 1. The van der Waals surface area contributed by atoms with Crippen molar-refractivity contribution in [3.05, 3.63) is 48.2 Å². The summed E-state index contributed by atoms with van der Waals surface area (Å²) in [6.07, 6.45) is 1.18. The van der Waals surface area contributed by atoms with E-state index >= 15 is 0 Å². The Hall–Kier alpha value is -2.40. The standard InChI is InChI=1S/C17H20N4O/c1-10-15(7-8-16(22)19-10)21-11(2)17-13(9-18)5-4-6-14(17)20-12(21)3/h4-6,15H,1-2,7-9,18H2,3H3,(H,19,22). The van der Waals surface area contributed by atoms with E-state index in [9.17, 15) is 4.79 Å². The first-order chi connectivity index (χ1) is 10.5. The molecule has 0 radical (unpaired) electrons. The summed E-state index contributed by atoms with van der Waals surface area (Å²) in [4.78, 5) is 18.3. The van der Waals surface area contributed by atoms with Crippen LogP contribution in [0.3, 0.4) is 0 Å². The van der Waals surface area contributed by atoms with Crippen LogP contribution >= 0.6 is 0 Å². The Kier molecular flexibility index (Phi) is 3.58. The first-order valence-electron chi connectivity index (χ1n) is 7.37. The van der Waals surface area contributed by atoms with Crippen LogP contribution in [-0.4, -0.2) is 22.7 Å². The van der Waals surface area contributed by atoms with E-state index in [1.54, 1.807) is 0 Å². The van der Waals surface area contributed by atoms with Crippen molar-refractivity contribution in [2.24, 2.45) is 10.7 Å². The minimum Gasteiger partial charge on any atom is -0.328 e. The smallest absolute Gasteiger partial charge is 0.224 e. The Balaban J connectivity index is 2.03. The van der Waals surface area contributed by atoms with Crippen molar-refractivity contribution < 1.29 is 4.79 Å². The number of piperidine rings is 1. The van der Waals surface area contributed by atoms with Gasteiger partial charge in [-0.05, 0) is 25.0 Å². The highest BCUT2D eigenvalue weighted by Crippen LogP contribution is 2.38. The van der Waals surface area contributed by atoms with E-state index in [4.69, 9.17) is 5.73 Å². The summed E-state index contributed by atoms with van der Waals surface area (Å²) in [5, 5.41) is 2.82. The first-order valence-corrected chi connectivity index (χ1v) is 7.37. The fourth-order valence-electron chi connectivity index (χ4n) is 3.19. The number of fused-ring (bicyclic) bond motifs is 1. The third kappa shape index (κ3) is 2.23. The van der Waals surface area contributed by atoms with E-state index in [2.05, 4.69) is 28.4 Å². The summed E-state index contributed by atoms with van der Waals surface area (Å²) in [6.45, 7) is 10.6. The largest absolute Gasteiger partial charge is 0.328 e. The summed E-state index contributed by atoms with van der Waals surface area (Å²) in [6, 6.07) is 5.90. The fourth-order valence-corrected chi connectivity index (χ4v) is 3.19. The number of benzene rings is 1. The monoisotopic (exact) mass is 296 g/mol. The molecule has 0 bridgehead atoms. The summed E-state index contributed by atoms with van der Waals surface area (Å²) in [7, 11) is 0. The third-order valence-electron chi connectivity index (χ3n) is 4.22. The molecule has 1 fully saturated rings. The van der Waals surface area contributed by atoms with Gasteiger partial charge in [0.05, 0.1) is 11.7 Å². The molecule has 0 aliphatic carbocycles. The molecule has 0 spiro atoms. The van der Waals surface area contributed by atoms with Gasteiger partial charge in [0.25, 0.3) is 0 Å². The quantitative estimate of drug-likeness (QED) is 0.879. The summed E-state index contributed by atoms with van der Waals surface area (Å²) >= 11 is 0. The number of hydrogen-bond donors (Lipinski definition) is 2. The van der Waals surface area contributed by atoms with Crippen LogP contribution in [0, 0.1) is 0 Å². The molecule has 2 aliphatic heterocycles. The topological polar surface area (TPSA) is 70.7 Å². The molecule has 1 amide bonds. The van der Waals surface area contributed by atoms with Gasteiger partial charge >= 0.3 is 0 Å². The van der Waals surface area contributed by atoms with Crippen molar-refractivity contribution >= 4 is 23.1 Å². The zero-order valence-electron chi connectivity index (χ0n) is 12.7. The number of nitrogens with two attached hydrogens (primary N) is 1. The number of amidine groups is 1. The SMILES string of the molecule is C=C1NC(=O)CCC1N1C(=C)c2c(CN)cccc2N=C1C. The van der Waals surface area contributed by atoms with Gasteiger partial charge in [0.1, 0.15) is 5.84 Å². The van der Waals surface area contributed by atoms with E-state index in [0.717, 1.165) is 28.3 Å². The second-order valence-electron chi connectivity index (χ2n) is 5.62. The Bertz CT molecular complexity index is 705. The van der Waals surface area contributed by atoms with Gasteiger partial charge in [0.15, 0.2) is 0 Å².